The van der Waals surface area contributed by atoms with Crippen molar-refractivity contribution >= 4 is 44.4 Å². The average Bonchev–Trinajstić information content (AvgIpc) is 3.45. The molecule has 2 aromatic heterocycles. The zero-order chi connectivity index (χ0) is 21.8. The first-order valence-corrected chi connectivity index (χ1v) is 12.2. The molecule has 10 heteroatoms. The number of hydrogen-bond acceptors (Lipinski definition) is 7. The molecule has 0 fully saturated rings. The molecule has 4 rings (SSSR count). The Morgan fingerprint density at radius 1 is 1.03 bits per heavy atom. The summed E-state index contributed by atoms with van der Waals surface area (Å²) < 4.78 is 46.0. The van der Waals surface area contributed by atoms with Gasteiger partial charge in [0.15, 0.2) is 0 Å². The van der Waals surface area contributed by atoms with Crippen LogP contribution in [0.3, 0.4) is 0 Å². The second-order valence-electron chi connectivity index (χ2n) is 6.31. The van der Waals surface area contributed by atoms with Gasteiger partial charge >= 0.3 is 5.97 Å². The molecule has 0 saturated heterocycles. The summed E-state index contributed by atoms with van der Waals surface area (Å²) in [6, 6.07) is 15.3. The van der Waals surface area contributed by atoms with Gasteiger partial charge in [-0.3, -0.25) is 4.72 Å². The lowest BCUT2D eigenvalue weighted by Gasteiger charge is -2.11. The Balaban J connectivity index is 1.46. The highest BCUT2D eigenvalue weighted by atomic mass is 32.2. The van der Waals surface area contributed by atoms with Crippen LogP contribution in [0.5, 0.6) is 0 Å². The number of hydrogen-bond donors (Lipinski definition) is 1. The highest BCUT2D eigenvalue weighted by Crippen LogP contribution is 2.26. The molecule has 4 aromatic rings. The summed E-state index contributed by atoms with van der Waals surface area (Å²) in [4.78, 5) is 17.0. The number of thiophene rings is 1. The largest absolute Gasteiger partial charge is 0.455 e. The van der Waals surface area contributed by atoms with Crippen LogP contribution in [0.2, 0.25) is 0 Å². The Bertz CT molecular complexity index is 1300. The first-order valence-electron chi connectivity index (χ1n) is 8.95. The summed E-state index contributed by atoms with van der Waals surface area (Å²) in [6.07, 6.45) is 0. The van der Waals surface area contributed by atoms with E-state index in [1.54, 1.807) is 41.1 Å². The number of benzene rings is 2. The predicted octanol–water partition coefficient (Wildman–Crippen LogP) is 5.17. The molecule has 0 saturated carbocycles. The molecule has 6 nitrogen and oxygen atoms in total. The molecule has 31 heavy (non-hydrogen) atoms. The van der Waals surface area contributed by atoms with Gasteiger partial charge in [-0.2, -0.15) is 0 Å². The fourth-order valence-corrected chi connectivity index (χ4v) is 5.56. The van der Waals surface area contributed by atoms with Crippen molar-refractivity contribution < 1.29 is 22.3 Å². The highest BCUT2D eigenvalue weighted by molar-refractivity contribution is 7.94. The molecule has 0 spiro atoms. The Morgan fingerprint density at radius 2 is 1.81 bits per heavy atom. The van der Waals surface area contributed by atoms with Gasteiger partial charge in [0.1, 0.15) is 21.6 Å². The molecule has 2 heterocycles. The van der Waals surface area contributed by atoms with E-state index in [0.717, 1.165) is 16.9 Å². The van der Waals surface area contributed by atoms with Crippen LogP contribution in [0.4, 0.5) is 10.1 Å². The number of aromatic nitrogens is 1. The molecule has 0 radical (unpaired) electrons. The molecule has 0 unspecified atom stereocenters. The standard InChI is InChI=1S/C21H15FN2O4S3/c22-15-9-7-14(8-10-15)20-23-16(13-30-20)12-28-21(25)17-4-1-2-5-18(17)24-31(26,27)19-6-3-11-29-19/h1-11,13,24H,12H2. The van der Waals surface area contributed by atoms with Gasteiger partial charge in [-0.1, -0.05) is 18.2 Å². The van der Waals surface area contributed by atoms with Gasteiger partial charge in [0.25, 0.3) is 10.0 Å². The van der Waals surface area contributed by atoms with E-state index < -0.39 is 16.0 Å². The molecule has 0 atom stereocenters. The van der Waals surface area contributed by atoms with E-state index in [1.165, 1.54) is 41.7 Å². The van der Waals surface area contributed by atoms with Crippen molar-refractivity contribution in [2.75, 3.05) is 4.72 Å². The lowest BCUT2D eigenvalue weighted by molar-refractivity contribution is 0.0470. The zero-order valence-corrected chi connectivity index (χ0v) is 18.3. The molecule has 0 amide bonds. The second-order valence-corrected chi connectivity index (χ2v) is 10.0. The normalized spacial score (nSPS) is 11.3. The number of carbonyl (C=O) groups is 1. The van der Waals surface area contributed by atoms with Crippen LogP contribution in [-0.4, -0.2) is 19.4 Å². The third-order valence-electron chi connectivity index (χ3n) is 4.15. The summed E-state index contributed by atoms with van der Waals surface area (Å²) in [6.45, 7) is -0.0808. The number of anilines is 1. The maximum absolute atomic E-state index is 13.1. The van der Waals surface area contributed by atoms with Gasteiger partial charge in [0.2, 0.25) is 0 Å². The van der Waals surface area contributed by atoms with Crippen LogP contribution in [-0.2, 0) is 21.4 Å². The van der Waals surface area contributed by atoms with Crippen LogP contribution in [0.1, 0.15) is 16.1 Å². The Kier molecular flexibility index (Phi) is 6.12. The summed E-state index contributed by atoms with van der Waals surface area (Å²) in [5, 5.41) is 4.08. The Labute approximate surface area is 186 Å². The van der Waals surface area contributed by atoms with Gasteiger partial charge < -0.3 is 4.74 Å². The van der Waals surface area contributed by atoms with Gasteiger partial charge in [-0.25, -0.2) is 22.6 Å². The Hall–Kier alpha value is -3.08. The molecular formula is C21H15FN2O4S3. The fraction of sp³-hybridized carbons (Fsp3) is 0.0476. The van der Waals surface area contributed by atoms with Crippen LogP contribution in [0.15, 0.2) is 75.6 Å². The number of esters is 1. The zero-order valence-electron chi connectivity index (χ0n) is 15.8. The lowest BCUT2D eigenvalue weighted by Crippen LogP contribution is -2.15. The molecular weight excluding hydrogens is 459 g/mol. The summed E-state index contributed by atoms with van der Waals surface area (Å²) in [5.74, 6) is -1.01. The molecule has 0 aliphatic heterocycles. The predicted molar refractivity (Wildman–Crippen MR) is 118 cm³/mol. The fourth-order valence-electron chi connectivity index (χ4n) is 2.68. The van der Waals surface area contributed by atoms with Gasteiger partial charge in [0, 0.05) is 10.9 Å². The van der Waals surface area contributed by atoms with Gasteiger partial charge in [-0.05, 0) is 47.8 Å². The van der Waals surface area contributed by atoms with Crippen molar-refractivity contribution in [3.05, 3.63) is 88.5 Å². The van der Waals surface area contributed by atoms with E-state index in [-0.39, 0.29) is 27.9 Å². The van der Waals surface area contributed by atoms with E-state index in [4.69, 9.17) is 4.74 Å². The molecule has 0 aliphatic carbocycles. The Morgan fingerprint density at radius 3 is 2.55 bits per heavy atom. The van der Waals surface area contributed by atoms with Crippen LogP contribution >= 0.6 is 22.7 Å². The highest BCUT2D eigenvalue weighted by Gasteiger charge is 2.20. The van der Waals surface area contributed by atoms with Crippen LogP contribution in [0.25, 0.3) is 10.6 Å². The third kappa shape index (κ3) is 4.98. The number of halogens is 1. The monoisotopic (exact) mass is 474 g/mol. The molecule has 0 aliphatic rings. The number of para-hydroxylation sites is 1. The maximum atomic E-state index is 13.1. The minimum atomic E-state index is -3.80. The SMILES string of the molecule is O=C(OCc1csc(-c2ccc(F)cc2)n1)c1ccccc1NS(=O)(=O)c1cccs1. The molecule has 0 bridgehead atoms. The summed E-state index contributed by atoms with van der Waals surface area (Å²) in [5.41, 5.74) is 1.52. The molecule has 1 N–H and O–H groups in total. The summed E-state index contributed by atoms with van der Waals surface area (Å²) in [7, 11) is -3.80. The van der Waals surface area contributed by atoms with Crippen molar-refractivity contribution in [3.8, 4) is 10.6 Å². The van der Waals surface area contributed by atoms with Gasteiger partial charge in [-0.15, -0.1) is 22.7 Å². The number of nitrogens with one attached hydrogen (secondary N) is 1. The first kappa shape index (κ1) is 21.2. The number of thiazole rings is 1. The number of rotatable bonds is 7. The van der Waals surface area contributed by atoms with E-state index in [9.17, 15) is 17.6 Å². The minimum absolute atomic E-state index is 0.0808. The van der Waals surface area contributed by atoms with E-state index in [2.05, 4.69) is 9.71 Å². The molecule has 158 valence electrons. The average molecular weight is 475 g/mol. The summed E-state index contributed by atoms with van der Waals surface area (Å²) >= 11 is 2.43. The topological polar surface area (TPSA) is 85.4 Å². The van der Waals surface area contributed by atoms with Crippen LogP contribution in [0, 0.1) is 5.82 Å². The minimum Gasteiger partial charge on any atom is -0.455 e. The van der Waals surface area contributed by atoms with Crippen molar-refractivity contribution in [3.63, 3.8) is 0 Å². The molecule has 2 aromatic carbocycles. The van der Waals surface area contributed by atoms with Crippen molar-refractivity contribution in [1.82, 2.24) is 4.98 Å². The number of nitrogens with zero attached hydrogens (tertiary/aromatic N) is 1. The van der Waals surface area contributed by atoms with Crippen molar-refractivity contribution in [1.29, 1.82) is 0 Å². The van der Waals surface area contributed by atoms with Crippen molar-refractivity contribution in [2.45, 2.75) is 10.8 Å². The van der Waals surface area contributed by atoms with Crippen LogP contribution < -0.4 is 4.72 Å². The van der Waals surface area contributed by atoms with E-state index in [0.29, 0.717) is 10.7 Å². The van der Waals surface area contributed by atoms with Gasteiger partial charge in [0.05, 0.1) is 16.9 Å². The first-order chi connectivity index (χ1) is 14.9. The third-order valence-corrected chi connectivity index (χ3v) is 7.85. The maximum Gasteiger partial charge on any atom is 0.340 e. The van der Waals surface area contributed by atoms with E-state index >= 15 is 0 Å². The smallest absolute Gasteiger partial charge is 0.340 e. The number of ether oxygens (including phenoxy) is 1. The van der Waals surface area contributed by atoms with E-state index in [1.807, 2.05) is 0 Å². The lowest BCUT2D eigenvalue weighted by atomic mass is 10.2. The number of sulfonamides is 1. The quantitative estimate of drug-likeness (QED) is 0.374. The second kappa shape index (κ2) is 8.96. The van der Waals surface area contributed by atoms with Crippen molar-refractivity contribution in [2.24, 2.45) is 0 Å². The number of carbonyl (C=O) groups excluding carboxylic acids is 1.